The Hall–Kier alpha value is -3.94. The van der Waals surface area contributed by atoms with E-state index in [0.29, 0.717) is 29.4 Å². The molecule has 2 aromatic carbocycles. The Labute approximate surface area is 161 Å². The first kappa shape index (κ1) is 17.5. The summed E-state index contributed by atoms with van der Waals surface area (Å²) >= 11 is 0. The minimum atomic E-state index is -0.355. The number of hydrogen-bond acceptors (Lipinski definition) is 5. The van der Waals surface area contributed by atoms with Crippen LogP contribution in [0.5, 0.6) is 5.75 Å². The fourth-order valence-corrected chi connectivity index (χ4v) is 2.77. The first-order valence-corrected chi connectivity index (χ1v) is 8.80. The second-order valence-electron chi connectivity index (χ2n) is 5.94. The average molecular weight is 374 g/mol. The molecule has 0 unspecified atom stereocenters. The molecule has 0 saturated heterocycles. The lowest BCUT2D eigenvalue weighted by Crippen LogP contribution is -2.19. The quantitative estimate of drug-likeness (QED) is 0.554. The molecule has 4 rings (SSSR count). The number of anilines is 2. The maximum atomic E-state index is 12.4. The topological polar surface area (TPSA) is 93.4 Å². The molecule has 0 spiro atoms. The predicted octanol–water partition coefficient (Wildman–Crippen LogP) is 3.83. The van der Waals surface area contributed by atoms with Crippen LogP contribution in [0.15, 0.2) is 67.0 Å². The van der Waals surface area contributed by atoms with Crippen LogP contribution in [0.1, 0.15) is 6.92 Å². The summed E-state index contributed by atoms with van der Waals surface area (Å²) in [6, 6.07) is 18.1. The first-order valence-electron chi connectivity index (χ1n) is 8.80. The zero-order chi connectivity index (χ0) is 19.3. The highest BCUT2D eigenvalue weighted by atomic mass is 16.5. The Morgan fingerprint density at radius 3 is 2.86 bits per heavy atom. The van der Waals surface area contributed by atoms with Crippen LogP contribution in [-0.4, -0.2) is 32.4 Å². The van der Waals surface area contributed by atoms with Gasteiger partial charge in [0.05, 0.1) is 18.0 Å². The van der Waals surface area contributed by atoms with Gasteiger partial charge in [0.2, 0.25) is 0 Å². The highest BCUT2D eigenvalue weighted by Gasteiger charge is 2.09. The van der Waals surface area contributed by atoms with Gasteiger partial charge in [0, 0.05) is 11.3 Å². The van der Waals surface area contributed by atoms with Crippen LogP contribution in [-0.2, 0) is 0 Å². The van der Waals surface area contributed by atoms with Crippen LogP contribution in [0.3, 0.4) is 0 Å². The lowest BCUT2D eigenvalue weighted by Gasteiger charge is -2.12. The summed E-state index contributed by atoms with van der Waals surface area (Å²) in [6.07, 6.45) is 1.55. The molecule has 8 nitrogen and oxygen atoms in total. The Morgan fingerprint density at radius 2 is 1.96 bits per heavy atom. The number of fused-ring (bicyclic) bond motifs is 1. The first-order chi connectivity index (χ1) is 13.7. The molecule has 0 aliphatic rings. The van der Waals surface area contributed by atoms with Crippen molar-refractivity contribution in [3.63, 3.8) is 0 Å². The van der Waals surface area contributed by atoms with Gasteiger partial charge in [0.15, 0.2) is 5.65 Å². The summed E-state index contributed by atoms with van der Waals surface area (Å²) in [5, 5.41) is 17.9. The van der Waals surface area contributed by atoms with Gasteiger partial charge in [-0.1, -0.05) is 24.3 Å². The summed E-state index contributed by atoms with van der Waals surface area (Å²) in [7, 11) is 0. The number of aromatic nitrogens is 4. The molecular formula is C20H18N6O2. The molecule has 0 atom stereocenters. The van der Waals surface area contributed by atoms with E-state index in [9.17, 15) is 4.79 Å². The van der Waals surface area contributed by atoms with Crippen LogP contribution in [0, 0.1) is 0 Å². The molecule has 4 aromatic rings. The molecule has 0 aliphatic heterocycles. The van der Waals surface area contributed by atoms with E-state index in [-0.39, 0.29) is 6.03 Å². The minimum absolute atomic E-state index is 0.355. The molecule has 140 valence electrons. The van der Waals surface area contributed by atoms with Crippen molar-refractivity contribution in [2.24, 2.45) is 0 Å². The van der Waals surface area contributed by atoms with E-state index in [0.717, 1.165) is 11.3 Å². The van der Waals surface area contributed by atoms with Crippen molar-refractivity contribution in [2.45, 2.75) is 6.92 Å². The smallest absolute Gasteiger partial charge is 0.323 e. The molecule has 2 heterocycles. The highest BCUT2D eigenvalue weighted by Crippen LogP contribution is 2.25. The van der Waals surface area contributed by atoms with Crippen molar-refractivity contribution in [3.8, 4) is 17.0 Å². The fraction of sp³-hybridized carbons (Fsp3) is 0.100. The van der Waals surface area contributed by atoms with Gasteiger partial charge >= 0.3 is 6.03 Å². The Morgan fingerprint density at radius 1 is 1.07 bits per heavy atom. The lowest BCUT2D eigenvalue weighted by molar-refractivity contribution is 0.262. The second kappa shape index (κ2) is 7.75. The number of benzene rings is 2. The molecular weight excluding hydrogens is 356 g/mol. The number of rotatable bonds is 5. The SMILES string of the molecule is CCOc1ccccc1NC(=O)Nc1cccc(-c2ccc3nncn3n2)c1. The van der Waals surface area contributed by atoms with E-state index in [1.807, 2.05) is 61.5 Å². The fourth-order valence-electron chi connectivity index (χ4n) is 2.77. The predicted molar refractivity (Wildman–Crippen MR) is 106 cm³/mol. The summed E-state index contributed by atoms with van der Waals surface area (Å²) in [5.74, 6) is 0.625. The van der Waals surface area contributed by atoms with Crippen LogP contribution in [0.25, 0.3) is 16.9 Å². The third-order valence-corrected chi connectivity index (χ3v) is 4.01. The van der Waals surface area contributed by atoms with E-state index in [1.54, 1.807) is 16.9 Å². The van der Waals surface area contributed by atoms with Gasteiger partial charge in [-0.2, -0.15) is 9.61 Å². The third kappa shape index (κ3) is 3.75. The van der Waals surface area contributed by atoms with Gasteiger partial charge in [0.1, 0.15) is 12.1 Å². The number of hydrogen-bond donors (Lipinski definition) is 2. The van der Waals surface area contributed by atoms with Crippen molar-refractivity contribution >= 4 is 23.1 Å². The molecule has 0 aliphatic carbocycles. The number of amides is 2. The van der Waals surface area contributed by atoms with Crippen LogP contribution in [0.2, 0.25) is 0 Å². The molecule has 0 bridgehead atoms. The molecule has 8 heteroatoms. The van der Waals surface area contributed by atoms with Crippen molar-refractivity contribution in [3.05, 3.63) is 67.0 Å². The maximum absolute atomic E-state index is 12.4. The van der Waals surface area contributed by atoms with Gasteiger partial charge in [-0.15, -0.1) is 10.2 Å². The highest BCUT2D eigenvalue weighted by molar-refractivity contribution is 6.01. The number of para-hydroxylation sites is 2. The molecule has 2 amide bonds. The van der Waals surface area contributed by atoms with E-state index in [1.165, 1.54) is 0 Å². The Bertz CT molecular complexity index is 1120. The second-order valence-corrected chi connectivity index (χ2v) is 5.94. The van der Waals surface area contributed by atoms with Crippen molar-refractivity contribution < 1.29 is 9.53 Å². The van der Waals surface area contributed by atoms with E-state index >= 15 is 0 Å². The number of urea groups is 1. The number of carbonyl (C=O) groups is 1. The van der Waals surface area contributed by atoms with Gasteiger partial charge < -0.3 is 15.4 Å². The Kier molecular flexibility index (Phi) is 4.83. The molecule has 0 fully saturated rings. The van der Waals surface area contributed by atoms with Gasteiger partial charge in [-0.25, -0.2) is 4.79 Å². The summed E-state index contributed by atoms with van der Waals surface area (Å²) in [4.78, 5) is 12.4. The normalized spacial score (nSPS) is 10.6. The summed E-state index contributed by atoms with van der Waals surface area (Å²) < 4.78 is 7.13. The molecule has 28 heavy (non-hydrogen) atoms. The maximum Gasteiger partial charge on any atom is 0.323 e. The van der Waals surface area contributed by atoms with E-state index in [2.05, 4.69) is 25.9 Å². The zero-order valence-corrected chi connectivity index (χ0v) is 15.2. The van der Waals surface area contributed by atoms with Crippen molar-refractivity contribution in [2.75, 3.05) is 17.2 Å². The van der Waals surface area contributed by atoms with Crippen LogP contribution < -0.4 is 15.4 Å². The van der Waals surface area contributed by atoms with Crippen LogP contribution in [0.4, 0.5) is 16.2 Å². The molecule has 0 radical (unpaired) electrons. The van der Waals surface area contributed by atoms with E-state index in [4.69, 9.17) is 4.74 Å². The number of carbonyl (C=O) groups excluding carboxylic acids is 1. The van der Waals surface area contributed by atoms with Crippen LogP contribution >= 0.6 is 0 Å². The molecule has 2 N–H and O–H groups in total. The zero-order valence-electron chi connectivity index (χ0n) is 15.2. The average Bonchev–Trinajstić information content (AvgIpc) is 3.18. The van der Waals surface area contributed by atoms with Gasteiger partial charge in [0.25, 0.3) is 0 Å². The molecule has 2 aromatic heterocycles. The summed E-state index contributed by atoms with van der Waals surface area (Å²) in [5.41, 5.74) is 3.54. The molecule has 0 saturated carbocycles. The number of nitrogens with one attached hydrogen (secondary N) is 2. The minimum Gasteiger partial charge on any atom is -0.492 e. The standard InChI is InChI=1S/C20H18N6O2/c1-2-28-18-9-4-3-8-17(18)23-20(27)22-15-7-5-6-14(12-15)16-10-11-19-24-21-13-26(19)25-16/h3-13H,2H2,1H3,(H2,22,23,27). The lowest BCUT2D eigenvalue weighted by atomic mass is 10.1. The van der Waals surface area contributed by atoms with Crippen molar-refractivity contribution in [1.82, 2.24) is 19.8 Å². The largest absolute Gasteiger partial charge is 0.492 e. The van der Waals surface area contributed by atoms with Gasteiger partial charge in [-0.3, -0.25) is 0 Å². The monoisotopic (exact) mass is 374 g/mol. The third-order valence-electron chi connectivity index (χ3n) is 4.01. The number of nitrogens with zero attached hydrogens (tertiary/aromatic N) is 4. The van der Waals surface area contributed by atoms with Crippen molar-refractivity contribution in [1.29, 1.82) is 0 Å². The van der Waals surface area contributed by atoms with E-state index < -0.39 is 0 Å². The van der Waals surface area contributed by atoms with Gasteiger partial charge in [-0.05, 0) is 43.3 Å². The Balaban J connectivity index is 1.51. The summed E-state index contributed by atoms with van der Waals surface area (Å²) in [6.45, 7) is 2.42. The number of ether oxygens (including phenoxy) is 1.